The summed E-state index contributed by atoms with van der Waals surface area (Å²) in [6.07, 6.45) is 1.67. The maximum absolute atomic E-state index is 11.4. The van der Waals surface area contributed by atoms with E-state index in [1.54, 1.807) is 19.2 Å². The van der Waals surface area contributed by atoms with Gasteiger partial charge in [-0.15, -0.1) is 0 Å². The molecule has 5 heteroatoms. The fraction of sp³-hybridized carbons (Fsp3) is 0.250. The van der Waals surface area contributed by atoms with Crippen LogP contribution < -0.4 is 5.73 Å². The van der Waals surface area contributed by atoms with Gasteiger partial charge < -0.3 is 10.7 Å². The van der Waals surface area contributed by atoms with E-state index in [0.717, 1.165) is 22.6 Å². The number of H-pyrrole nitrogens is 1. The minimum Gasteiger partial charge on any atom is -0.368 e. The van der Waals surface area contributed by atoms with E-state index < -0.39 is 0 Å². The fourth-order valence-electron chi connectivity index (χ4n) is 1.78. The van der Waals surface area contributed by atoms with E-state index >= 15 is 0 Å². The number of carbonyl (C=O) groups excluding carboxylic acids is 1. The number of nitrogens with one attached hydrogen (secondary N) is 1. The summed E-state index contributed by atoms with van der Waals surface area (Å²) in [6, 6.07) is 1.80. The van der Waals surface area contributed by atoms with Gasteiger partial charge in [0, 0.05) is 17.5 Å². The molecule has 0 saturated carbocycles. The highest BCUT2D eigenvalue weighted by Crippen LogP contribution is 2.23. The molecule has 0 saturated heterocycles. The number of nitrogens with two attached hydrogens (primary N) is 1. The summed E-state index contributed by atoms with van der Waals surface area (Å²) in [7, 11) is 0. The van der Waals surface area contributed by atoms with Crippen LogP contribution in [0.2, 0.25) is 0 Å². The van der Waals surface area contributed by atoms with E-state index in [1.807, 2.05) is 13.8 Å². The molecular formula is C12H14N4O. The van der Waals surface area contributed by atoms with Gasteiger partial charge in [0.1, 0.15) is 0 Å². The van der Waals surface area contributed by atoms with Gasteiger partial charge >= 0.3 is 0 Å². The van der Waals surface area contributed by atoms with Crippen molar-refractivity contribution in [3.05, 3.63) is 29.1 Å². The number of nitrogens with zero attached hydrogens (tertiary/aromatic N) is 2. The van der Waals surface area contributed by atoms with Crippen LogP contribution in [0.25, 0.3) is 11.4 Å². The molecule has 5 nitrogen and oxygen atoms in total. The van der Waals surface area contributed by atoms with Crippen LogP contribution in [0.4, 0.5) is 5.95 Å². The second-order valence-electron chi connectivity index (χ2n) is 4.04. The lowest BCUT2D eigenvalue weighted by molar-refractivity contribution is 0.101. The number of carbonyl (C=O) groups is 1. The number of Topliss-reactive ketones (excluding diaryl/α,β-unsaturated/α-hetero) is 1. The average Bonchev–Trinajstić information content (AvgIpc) is 2.64. The molecule has 0 spiro atoms. The smallest absolute Gasteiger partial charge is 0.220 e. The van der Waals surface area contributed by atoms with Crippen molar-refractivity contribution in [2.75, 3.05) is 5.73 Å². The number of hydrogen-bond donors (Lipinski definition) is 2. The van der Waals surface area contributed by atoms with Gasteiger partial charge in [0.2, 0.25) is 5.95 Å². The van der Waals surface area contributed by atoms with E-state index in [1.165, 1.54) is 0 Å². The van der Waals surface area contributed by atoms with Crippen LogP contribution in [-0.2, 0) is 0 Å². The van der Waals surface area contributed by atoms with Gasteiger partial charge in [-0.25, -0.2) is 9.97 Å². The summed E-state index contributed by atoms with van der Waals surface area (Å²) in [5.74, 6) is 0.256. The minimum absolute atomic E-state index is 0.0321. The first kappa shape index (κ1) is 11.3. The van der Waals surface area contributed by atoms with E-state index in [0.29, 0.717) is 5.56 Å². The first-order valence-corrected chi connectivity index (χ1v) is 5.29. The summed E-state index contributed by atoms with van der Waals surface area (Å²) >= 11 is 0. The molecule has 0 aliphatic rings. The van der Waals surface area contributed by atoms with Crippen molar-refractivity contribution in [1.82, 2.24) is 15.0 Å². The van der Waals surface area contributed by atoms with E-state index in [4.69, 9.17) is 5.73 Å². The van der Waals surface area contributed by atoms with E-state index in [2.05, 4.69) is 15.0 Å². The number of rotatable bonds is 2. The molecule has 0 unspecified atom stereocenters. The van der Waals surface area contributed by atoms with Crippen LogP contribution in [0.15, 0.2) is 12.3 Å². The van der Waals surface area contributed by atoms with Crippen molar-refractivity contribution >= 4 is 11.7 Å². The van der Waals surface area contributed by atoms with Gasteiger partial charge in [-0.1, -0.05) is 0 Å². The maximum atomic E-state index is 11.4. The predicted molar refractivity (Wildman–Crippen MR) is 65.7 cm³/mol. The second kappa shape index (κ2) is 4.01. The molecule has 0 bridgehead atoms. The zero-order chi connectivity index (χ0) is 12.6. The van der Waals surface area contributed by atoms with Crippen LogP contribution in [0.5, 0.6) is 0 Å². The summed E-state index contributed by atoms with van der Waals surface area (Å²) in [5.41, 5.74) is 9.51. The van der Waals surface area contributed by atoms with Gasteiger partial charge in [0.05, 0.1) is 11.4 Å². The standard InChI is InChI=1S/C12H14N4O/c1-6-5-14-12(13)16-11(6)10-4-9(8(3)17)7(2)15-10/h4-5,15H,1-3H3,(H2,13,14,16). The van der Waals surface area contributed by atoms with Gasteiger partial charge in [-0.3, -0.25) is 4.79 Å². The molecule has 0 amide bonds. The molecule has 3 N–H and O–H groups in total. The average molecular weight is 230 g/mol. The molecule has 88 valence electrons. The summed E-state index contributed by atoms with van der Waals surface area (Å²) in [5, 5.41) is 0. The highest BCUT2D eigenvalue weighted by atomic mass is 16.1. The van der Waals surface area contributed by atoms with E-state index in [-0.39, 0.29) is 11.7 Å². The predicted octanol–water partition coefficient (Wildman–Crippen LogP) is 1.87. The molecule has 2 heterocycles. The summed E-state index contributed by atoms with van der Waals surface area (Å²) in [6.45, 7) is 5.31. The molecule has 0 aliphatic carbocycles. The highest BCUT2D eigenvalue weighted by molar-refractivity contribution is 5.96. The lowest BCUT2D eigenvalue weighted by Gasteiger charge is -2.02. The van der Waals surface area contributed by atoms with Crippen LogP contribution in [-0.4, -0.2) is 20.7 Å². The van der Waals surface area contributed by atoms with Gasteiger partial charge in [-0.05, 0) is 32.4 Å². The third kappa shape index (κ3) is 2.04. The van der Waals surface area contributed by atoms with Crippen LogP contribution in [0.1, 0.15) is 28.5 Å². The normalized spacial score (nSPS) is 10.5. The molecule has 0 aromatic carbocycles. The number of aromatic amines is 1. The molecule has 0 radical (unpaired) electrons. The Balaban J connectivity index is 2.57. The van der Waals surface area contributed by atoms with Crippen LogP contribution in [0, 0.1) is 13.8 Å². The lowest BCUT2D eigenvalue weighted by atomic mass is 10.1. The molecule has 2 aromatic heterocycles. The Kier molecular flexibility index (Phi) is 2.67. The molecular weight excluding hydrogens is 216 g/mol. The Bertz CT molecular complexity index is 586. The van der Waals surface area contributed by atoms with Crippen molar-refractivity contribution in [3.63, 3.8) is 0 Å². The zero-order valence-electron chi connectivity index (χ0n) is 10.0. The molecule has 17 heavy (non-hydrogen) atoms. The number of nitrogen functional groups attached to an aromatic ring is 1. The SMILES string of the molecule is CC(=O)c1cc(-c2nc(N)ncc2C)[nH]c1C. The number of hydrogen-bond acceptors (Lipinski definition) is 4. The monoisotopic (exact) mass is 230 g/mol. The third-order valence-corrected chi connectivity index (χ3v) is 2.64. The van der Waals surface area contributed by atoms with Gasteiger partial charge in [-0.2, -0.15) is 0 Å². The molecule has 2 rings (SSSR count). The number of anilines is 1. The van der Waals surface area contributed by atoms with Crippen molar-refractivity contribution < 1.29 is 4.79 Å². The quantitative estimate of drug-likeness (QED) is 0.771. The summed E-state index contributed by atoms with van der Waals surface area (Å²) < 4.78 is 0. The first-order valence-electron chi connectivity index (χ1n) is 5.29. The Morgan fingerprint density at radius 1 is 1.41 bits per heavy atom. The van der Waals surface area contributed by atoms with E-state index in [9.17, 15) is 4.79 Å². The Hall–Kier alpha value is -2.17. The largest absolute Gasteiger partial charge is 0.368 e. The van der Waals surface area contributed by atoms with Crippen molar-refractivity contribution in [2.45, 2.75) is 20.8 Å². The lowest BCUT2D eigenvalue weighted by Crippen LogP contribution is -1.98. The number of aromatic nitrogens is 3. The topological polar surface area (TPSA) is 84.7 Å². The zero-order valence-corrected chi connectivity index (χ0v) is 10.0. The molecule has 0 fully saturated rings. The van der Waals surface area contributed by atoms with Crippen molar-refractivity contribution in [3.8, 4) is 11.4 Å². The number of ketones is 1. The molecule has 0 atom stereocenters. The minimum atomic E-state index is 0.0321. The van der Waals surface area contributed by atoms with Gasteiger partial charge in [0.15, 0.2) is 5.78 Å². The van der Waals surface area contributed by atoms with Crippen LogP contribution >= 0.6 is 0 Å². The highest BCUT2D eigenvalue weighted by Gasteiger charge is 2.12. The second-order valence-corrected chi connectivity index (χ2v) is 4.04. The Morgan fingerprint density at radius 3 is 2.71 bits per heavy atom. The Morgan fingerprint density at radius 2 is 2.12 bits per heavy atom. The summed E-state index contributed by atoms with van der Waals surface area (Å²) in [4.78, 5) is 22.6. The fourth-order valence-corrected chi connectivity index (χ4v) is 1.78. The third-order valence-electron chi connectivity index (χ3n) is 2.64. The molecule has 0 aliphatic heterocycles. The van der Waals surface area contributed by atoms with Crippen LogP contribution in [0.3, 0.4) is 0 Å². The Labute approximate surface area is 99.1 Å². The van der Waals surface area contributed by atoms with Crippen molar-refractivity contribution in [2.24, 2.45) is 0 Å². The number of aryl methyl sites for hydroxylation is 2. The first-order chi connectivity index (χ1) is 7.99. The maximum Gasteiger partial charge on any atom is 0.220 e. The van der Waals surface area contributed by atoms with Gasteiger partial charge in [0.25, 0.3) is 0 Å². The molecule has 2 aromatic rings. The van der Waals surface area contributed by atoms with Crippen molar-refractivity contribution in [1.29, 1.82) is 0 Å².